The van der Waals surface area contributed by atoms with E-state index in [1.54, 1.807) is 0 Å². The monoisotopic (exact) mass is 124 g/mol. The molecule has 0 radical (unpaired) electrons. The van der Waals surface area contributed by atoms with Crippen LogP contribution in [0, 0.1) is 0 Å². The van der Waals surface area contributed by atoms with E-state index >= 15 is 0 Å². The van der Waals surface area contributed by atoms with Gasteiger partial charge in [0.15, 0.2) is 0 Å². The number of hydrogen-bond donors (Lipinski definition) is 0. The van der Waals surface area contributed by atoms with Gasteiger partial charge in [0.25, 0.3) is 0 Å². The highest BCUT2D eigenvalue weighted by atomic mass is 13.9. The van der Waals surface area contributed by atoms with Gasteiger partial charge in [-0.3, -0.25) is 0 Å². The third-order valence-electron chi connectivity index (χ3n) is 1.31. The quantitative estimate of drug-likeness (QED) is 0.504. The van der Waals surface area contributed by atoms with E-state index in [2.05, 4.69) is 32.6 Å². The Labute approximate surface area is 58.3 Å². The average Bonchev–Trinajstić information content (AvgIpc) is 1.89. The van der Waals surface area contributed by atoms with E-state index < -0.39 is 0 Å². The van der Waals surface area contributed by atoms with Gasteiger partial charge in [0.05, 0.1) is 0 Å². The Morgan fingerprint density at radius 2 is 2.00 bits per heavy atom. The Hall–Kier alpha value is -0.520. The van der Waals surface area contributed by atoms with Crippen LogP contribution in [-0.4, -0.2) is 0 Å². The van der Waals surface area contributed by atoms with Crippen molar-refractivity contribution in [3.8, 4) is 0 Å². The topological polar surface area (TPSA) is 0 Å². The molecule has 0 N–H and O–H groups in total. The lowest BCUT2D eigenvalue weighted by atomic mass is 10.1. The van der Waals surface area contributed by atoms with Crippen LogP contribution in [0.15, 0.2) is 24.3 Å². The third kappa shape index (κ3) is 5.35. The van der Waals surface area contributed by atoms with Crippen LogP contribution < -0.4 is 0 Å². The Morgan fingerprint density at radius 3 is 2.44 bits per heavy atom. The van der Waals surface area contributed by atoms with Crippen LogP contribution in [0.3, 0.4) is 0 Å². The van der Waals surface area contributed by atoms with Crippen LogP contribution >= 0.6 is 0 Å². The van der Waals surface area contributed by atoms with E-state index in [9.17, 15) is 0 Å². The summed E-state index contributed by atoms with van der Waals surface area (Å²) in [6.07, 6.45) is 7.67. The highest BCUT2D eigenvalue weighted by Gasteiger charge is 1.82. The number of allylic oxidation sites excluding steroid dienone is 3. The molecule has 0 aromatic carbocycles. The van der Waals surface area contributed by atoms with Crippen molar-refractivity contribution in [3.05, 3.63) is 24.3 Å². The maximum Gasteiger partial charge on any atom is -0.0142 e. The van der Waals surface area contributed by atoms with Crippen molar-refractivity contribution in [2.45, 2.75) is 33.1 Å². The third-order valence-corrected chi connectivity index (χ3v) is 1.31. The molecule has 0 unspecified atom stereocenters. The lowest BCUT2D eigenvalue weighted by Crippen LogP contribution is -1.72. The molecule has 0 aliphatic carbocycles. The van der Waals surface area contributed by atoms with Crippen LogP contribution in [0.1, 0.15) is 33.1 Å². The van der Waals surface area contributed by atoms with Gasteiger partial charge in [-0.05, 0) is 19.3 Å². The fraction of sp³-hybridized carbons (Fsp3) is 0.556. The molecule has 0 fully saturated rings. The van der Waals surface area contributed by atoms with Crippen LogP contribution in [0.2, 0.25) is 0 Å². The molecule has 0 aliphatic rings. The number of hydrogen-bond acceptors (Lipinski definition) is 0. The molecule has 0 heterocycles. The maximum absolute atomic E-state index is 3.89. The predicted octanol–water partition coefficient (Wildman–Crippen LogP) is 3.31. The zero-order chi connectivity index (χ0) is 7.11. The second kappa shape index (κ2) is 5.61. The van der Waals surface area contributed by atoms with Crippen LogP contribution in [0.5, 0.6) is 0 Å². The lowest BCUT2D eigenvalue weighted by molar-refractivity contribution is 1.03. The summed E-state index contributed by atoms with van der Waals surface area (Å²) in [6, 6.07) is 0. The Morgan fingerprint density at radius 1 is 1.33 bits per heavy atom. The van der Waals surface area contributed by atoms with E-state index in [1.807, 2.05) is 0 Å². The first-order valence-corrected chi connectivity index (χ1v) is 3.62. The van der Waals surface area contributed by atoms with Crippen LogP contribution in [0.25, 0.3) is 0 Å². The van der Waals surface area contributed by atoms with Gasteiger partial charge in [-0.1, -0.05) is 38.2 Å². The summed E-state index contributed by atoms with van der Waals surface area (Å²) in [5.41, 5.74) is 1.32. The van der Waals surface area contributed by atoms with E-state index in [-0.39, 0.29) is 0 Å². The van der Waals surface area contributed by atoms with Crippen molar-refractivity contribution in [2.24, 2.45) is 0 Å². The van der Waals surface area contributed by atoms with Crippen molar-refractivity contribution in [3.63, 3.8) is 0 Å². The second-order valence-electron chi connectivity index (χ2n) is 2.19. The van der Waals surface area contributed by atoms with Crippen molar-refractivity contribution >= 4 is 0 Å². The van der Waals surface area contributed by atoms with Crippen molar-refractivity contribution in [2.75, 3.05) is 0 Å². The van der Waals surface area contributed by atoms with Gasteiger partial charge in [0.2, 0.25) is 0 Å². The molecular formula is C9H16. The first-order chi connectivity index (χ1) is 4.31. The lowest BCUT2D eigenvalue weighted by Gasteiger charge is -1.92. The second-order valence-corrected chi connectivity index (χ2v) is 2.19. The summed E-state index contributed by atoms with van der Waals surface area (Å²) >= 11 is 0. The normalized spacial score (nSPS) is 10.4. The fourth-order valence-electron chi connectivity index (χ4n) is 0.561. The van der Waals surface area contributed by atoms with E-state index in [0.717, 1.165) is 19.3 Å². The SMILES string of the molecule is C=C(CC)C/C=C\CC. The molecule has 0 saturated heterocycles. The molecule has 0 amide bonds. The molecule has 0 spiro atoms. The minimum atomic E-state index is 1.06. The molecule has 9 heavy (non-hydrogen) atoms. The Kier molecular flexibility index (Phi) is 5.29. The molecule has 0 atom stereocenters. The van der Waals surface area contributed by atoms with Crippen LogP contribution in [-0.2, 0) is 0 Å². The van der Waals surface area contributed by atoms with Crippen LogP contribution in [0.4, 0.5) is 0 Å². The smallest absolute Gasteiger partial charge is 0.0142 e. The average molecular weight is 124 g/mol. The zero-order valence-corrected chi connectivity index (χ0v) is 6.48. The highest BCUT2D eigenvalue weighted by molar-refractivity contribution is 5.00. The van der Waals surface area contributed by atoms with Gasteiger partial charge in [-0.2, -0.15) is 0 Å². The number of rotatable bonds is 4. The minimum absolute atomic E-state index is 1.06. The molecule has 0 heteroatoms. The van der Waals surface area contributed by atoms with E-state index in [1.165, 1.54) is 5.57 Å². The predicted molar refractivity (Wildman–Crippen MR) is 43.5 cm³/mol. The molecule has 0 bridgehead atoms. The van der Waals surface area contributed by atoms with Gasteiger partial charge < -0.3 is 0 Å². The first-order valence-electron chi connectivity index (χ1n) is 3.62. The molecule has 0 aromatic heterocycles. The zero-order valence-electron chi connectivity index (χ0n) is 6.48. The van der Waals surface area contributed by atoms with Gasteiger partial charge >= 0.3 is 0 Å². The van der Waals surface area contributed by atoms with Gasteiger partial charge in [0, 0.05) is 0 Å². The summed E-state index contributed by atoms with van der Waals surface area (Å²) in [4.78, 5) is 0. The van der Waals surface area contributed by atoms with E-state index in [0.29, 0.717) is 0 Å². The van der Waals surface area contributed by atoms with Gasteiger partial charge in [-0.25, -0.2) is 0 Å². The Bertz CT molecular complexity index is 98.6. The first kappa shape index (κ1) is 8.48. The standard InChI is InChI=1S/C9H16/c1-4-6-7-8-9(3)5-2/h6-7H,3-5,8H2,1-2H3/b7-6-. The van der Waals surface area contributed by atoms with Crippen molar-refractivity contribution < 1.29 is 0 Å². The summed E-state index contributed by atoms with van der Waals surface area (Å²) in [6.45, 7) is 8.18. The molecule has 0 aliphatic heterocycles. The summed E-state index contributed by atoms with van der Waals surface area (Å²) in [7, 11) is 0. The molecular weight excluding hydrogens is 108 g/mol. The molecule has 0 saturated carbocycles. The van der Waals surface area contributed by atoms with Crippen molar-refractivity contribution in [1.29, 1.82) is 0 Å². The molecule has 0 nitrogen and oxygen atoms in total. The maximum atomic E-state index is 3.89. The fourth-order valence-corrected chi connectivity index (χ4v) is 0.561. The van der Waals surface area contributed by atoms with Gasteiger partial charge in [-0.15, -0.1) is 0 Å². The largest absolute Gasteiger partial charge is 0.0996 e. The van der Waals surface area contributed by atoms with E-state index in [4.69, 9.17) is 0 Å². The Balaban J connectivity index is 3.26. The van der Waals surface area contributed by atoms with Gasteiger partial charge in [0.1, 0.15) is 0 Å². The minimum Gasteiger partial charge on any atom is -0.0996 e. The summed E-state index contributed by atoms with van der Waals surface area (Å²) in [5, 5.41) is 0. The highest BCUT2D eigenvalue weighted by Crippen LogP contribution is 2.02. The summed E-state index contributed by atoms with van der Waals surface area (Å²) in [5.74, 6) is 0. The molecule has 52 valence electrons. The summed E-state index contributed by atoms with van der Waals surface area (Å²) < 4.78 is 0. The van der Waals surface area contributed by atoms with Crippen molar-refractivity contribution in [1.82, 2.24) is 0 Å². The molecule has 0 rings (SSSR count). The molecule has 0 aromatic rings.